The fraction of sp³-hybridized carbons (Fsp3) is 0.409. The van der Waals surface area contributed by atoms with Crippen molar-refractivity contribution >= 4 is 34.7 Å². The molecule has 0 bridgehead atoms. The molecule has 1 aliphatic heterocycles. The molecular formula is C22H27N7O4. The number of benzene rings is 1. The molecule has 1 aromatic carbocycles. The Labute approximate surface area is 191 Å². The number of amides is 1. The third-order valence-corrected chi connectivity index (χ3v) is 4.85. The molecule has 1 fully saturated rings. The first-order chi connectivity index (χ1) is 15.7. The van der Waals surface area contributed by atoms with Gasteiger partial charge >= 0.3 is 6.09 Å². The topological polar surface area (TPSA) is 138 Å². The first kappa shape index (κ1) is 22.5. The molecule has 11 nitrogen and oxygen atoms in total. The summed E-state index contributed by atoms with van der Waals surface area (Å²) in [5, 5.41) is 2.71. The lowest BCUT2D eigenvalue weighted by Gasteiger charge is -2.28. The predicted octanol–water partition coefficient (Wildman–Crippen LogP) is 2.86. The highest BCUT2D eigenvalue weighted by Crippen LogP contribution is 2.32. The predicted molar refractivity (Wildman–Crippen MR) is 124 cm³/mol. The highest BCUT2D eigenvalue weighted by Gasteiger charge is 2.20. The highest BCUT2D eigenvalue weighted by molar-refractivity contribution is 5.89. The standard InChI is InChI=1S/C22H27N7O4/c1-22(2,3)33-21(30)26-14-6-5-13(11-16(14)31-4)15-12-24-18-17(25-15)19(28-20(23)27-18)29-7-9-32-10-8-29/h5-6,11-12H,7-10H2,1-4H3,(H,26,30)(H2,23,24,27,28). The van der Waals surface area contributed by atoms with Gasteiger partial charge in [0.15, 0.2) is 17.0 Å². The van der Waals surface area contributed by atoms with E-state index in [-0.39, 0.29) is 5.95 Å². The first-order valence-corrected chi connectivity index (χ1v) is 10.5. The van der Waals surface area contributed by atoms with E-state index >= 15 is 0 Å². The summed E-state index contributed by atoms with van der Waals surface area (Å²) in [6.45, 7) is 7.95. The fourth-order valence-corrected chi connectivity index (χ4v) is 3.41. The van der Waals surface area contributed by atoms with Crippen molar-refractivity contribution in [2.24, 2.45) is 0 Å². The molecule has 174 valence electrons. The minimum Gasteiger partial charge on any atom is -0.495 e. The number of ether oxygens (including phenoxy) is 3. The van der Waals surface area contributed by atoms with Crippen molar-refractivity contribution < 1.29 is 19.0 Å². The van der Waals surface area contributed by atoms with Crippen LogP contribution in [0.15, 0.2) is 24.4 Å². The van der Waals surface area contributed by atoms with Gasteiger partial charge in [-0.3, -0.25) is 5.32 Å². The lowest BCUT2D eigenvalue weighted by Crippen LogP contribution is -2.37. The molecule has 1 amide bonds. The van der Waals surface area contributed by atoms with Gasteiger partial charge in [-0.2, -0.15) is 9.97 Å². The number of hydrogen-bond acceptors (Lipinski definition) is 10. The van der Waals surface area contributed by atoms with Gasteiger partial charge in [0.05, 0.1) is 37.9 Å². The minimum atomic E-state index is -0.610. The van der Waals surface area contributed by atoms with E-state index in [0.717, 1.165) is 5.56 Å². The van der Waals surface area contributed by atoms with Gasteiger partial charge < -0.3 is 24.8 Å². The van der Waals surface area contributed by atoms with Crippen molar-refractivity contribution in [2.75, 3.05) is 49.4 Å². The van der Waals surface area contributed by atoms with Crippen LogP contribution in [0.5, 0.6) is 5.75 Å². The zero-order valence-electron chi connectivity index (χ0n) is 19.1. The largest absolute Gasteiger partial charge is 0.495 e. The average molecular weight is 454 g/mol. The summed E-state index contributed by atoms with van der Waals surface area (Å²) >= 11 is 0. The number of nitrogens with two attached hydrogens (primary N) is 1. The minimum absolute atomic E-state index is 0.144. The number of hydrogen-bond donors (Lipinski definition) is 2. The van der Waals surface area contributed by atoms with E-state index in [1.54, 1.807) is 39.1 Å². The Morgan fingerprint density at radius 1 is 1.18 bits per heavy atom. The summed E-state index contributed by atoms with van der Waals surface area (Å²) in [6.07, 6.45) is 1.05. The van der Waals surface area contributed by atoms with Crippen LogP contribution in [-0.4, -0.2) is 65.0 Å². The lowest BCUT2D eigenvalue weighted by atomic mass is 10.1. The summed E-state index contributed by atoms with van der Waals surface area (Å²) < 4.78 is 16.2. The molecule has 2 aromatic heterocycles. The molecule has 3 aromatic rings. The summed E-state index contributed by atoms with van der Waals surface area (Å²) in [4.78, 5) is 32.1. The van der Waals surface area contributed by atoms with Crippen LogP contribution in [0.4, 0.5) is 22.2 Å². The molecule has 3 N–H and O–H groups in total. The number of nitrogens with zero attached hydrogens (tertiary/aromatic N) is 5. The molecule has 0 unspecified atom stereocenters. The zero-order valence-corrected chi connectivity index (χ0v) is 19.1. The van der Waals surface area contributed by atoms with Gasteiger partial charge in [0.25, 0.3) is 0 Å². The summed E-state index contributed by atoms with van der Waals surface area (Å²) in [7, 11) is 1.53. The molecule has 0 atom stereocenters. The van der Waals surface area contributed by atoms with Crippen LogP contribution in [0.2, 0.25) is 0 Å². The molecule has 0 radical (unpaired) electrons. The molecular weight excluding hydrogens is 426 g/mol. The van der Waals surface area contributed by atoms with Crippen LogP contribution in [0.3, 0.4) is 0 Å². The van der Waals surface area contributed by atoms with Gasteiger partial charge in [0, 0.05) is 18.7 Å². The van der Waals surface area contributed by atoms with Crippen molar-refractivity contribution in [1.29, 1.82) is 0 Å². The lowest BCUT2D eigenvalue weighted by molar-refractivity contribution is 0.0635. The Hall–Kier alpha value is -3.73. The van der Waals surface area contributed by atoms with Crippen LogP contribution < -0.4 is 20.7 Å². The van der Waals surface area contributed by atoms with Gasteiger partial charge in [-0.25, -0.2) is 14.8 Å². The van der Waals surface area contributed by atoms with E-state index in [4.69, 9.17) is 24.9 Å². The summed E-state index contributed by atoms with van der Waals surface area (Å²) in [5.41, 5.74) is 8.10. The first-order valence-electron chi connectivity index (χ1n) is 10.5. The Morgan fingerprint density at radius 3 is 2.64 bits per heavy atom. The number of methoxy groups -OCH3 is 1. The van der Waals surface area contributed by atoms with Crippen LogP contribution in [-0.2, 0) is 9.47 Å². The molecule has 1 saturated heterocycles. The number of rotatable bonds is 4. The second-order valence-corrected chi connectivity index (χ2v) is 8.47. The van der Waals surface area contributed by atoms with Crippen LogP contribution in [0.25, 0.3) is 22.4 Å². The molecule has 11 heteroatoms. The molecule has 0 spiro atoms. The zero-order chi connectivity index (χ0) is 23.6. The Balaban J connectivity index is 1.68. The maximum atomic E-state index is 12.2. The number of morpholine rings is 1. The van der Waals surface area contributed by atoms with Gasteiger partial charge in [0.1, 0.15) is 11.4 Å². The van der Waals surface area contributed by atoms with Crippen molar-refractivity contribution in [2.45, 2.75) is 26.4 Å². The number of nitrogens with one attached hydrogen (secondary N) is 1. The van der Waals surface area contributed by atoms with Gasteiger partial charge in [-0.1, -0.05) is 6.07 Å². The average Bonchev–Trinajstić information content (AvgIpc) is 2.78. The second-order valence-electron chi connectivity index (χ2n) is 8.47. The van der Waals surface area contributed by atoms with Crippen molar-refractivity contribution in [3.63, 3.8) is 0 Å². The van der Waals surface area contributed by atoms with E-state index in [9.17, 15) is 4.79 Å². The third-order valence-electron chi connectivity index (χ3n) is 4.85. The number of carbonyl (C=O) groups is 1. The molecule has 33 heavy (non-hydrogen) atoms. The molecule has 0 saturated carbocycles. The SMILES string of the molecule is COc1cc(-c2cnc3nc(N)nc(N4CCOCC4)c3n2)ccc1NC(=O)OC(C)(C)C. The van der Waals surface area contributed by atoms with Crippen molar-refractivity contribution in [1.82, 2.24) is 19.9 Å². The monoisotopic (exact) mass is 453 g/mol. The van der Waals surface area contributed by atoms with Gasteiger partial charge in [0.2, 0.25) is 5.95 Å². The summed E-state index contributed by atoms with van der Waals surface area (Å²) in [5.74, 6) is 1.23. The van der Waals surface area contributed by atoms with Crippen molar-refractivity contribution in [3.8, 4) is 17.0 Å². The Morgan fingerprint density at radius 2 is 1.94 bits per heavy atom. The number of anilines is 3. The molecule has 0 aliphatic carbocycles. The molecule has 3 heterocycles. The van der Waals surface area contributed by atoms with E-state index in [2.05, 4.69) is 25.2 Å². The number of fused-ring (bicyclic) bond motifs is 1. The normalized spacial score (nSPS) is 14.2. The maximum Gasteiger partial charge on any atom is 0.412 e. The Kier molecular flexibility index (Phi) is 6.14. The van der Waals surface area contributed by atoms with Crippen LogP contribution in [0, 0.1) is 0 Å². The smallest absolute Gasteiger partial charge is 0.412 e. The number of nitrogen functional groups attached to an aromatic ring is 1. The van der Waals surface area contributed by atoms with E-state index in [1.807, 2.05) is 6.07 Å². The number of carbonyl (C=O) groups excluding carboxylic acids is 1. The van der Waals surface area contributed by atoms with E-state index < -0.39 is 11.7 Å². The van der Waals surface area contributed by atoms with E-state index in [0.29, 0.717) is 60.4 Å². The maximum absolute atomic E-state index is 12.2. The van der Waals surface area contributed by atoms with Gasteiger partial charge in [-0.05, 0) is 32.9 Å². The van der Waals surface area contributed by atoms with Crippen molar-refractivity contribution in [3.05, 3.63) is 24.4 Å². The van der Waals surface area contributed by atoms with E-state index in [1.165, 1.54) is 7.11 Å². The van der Waals surface area contributed by atoms with Crippen LogP contribution >= 0.6 is 0 Å². The van der Waals surface area contributed by atoms with Crippen LogP contribution in [0.1, 0.15) is 20.8 Å². The third kappa shape index (κ3) is 5.20. The summed E-state index contributed by atoms with van der Waals surface area (Å²) in [6, 6.07) is 5.32. The Bertz CT molecular complexity index is 1170. The quantitative estimate of drug-likeness (QED) is 0.606. The second kappa shape index (κ2) is 9.02. The highest BCUT2D eigenvalue weighted by atomic mass is 16.6. The molecule has 4 rings (SSSR count). The number of aromatic nitrogens is 4. The molecule has 1 aliphatic rings. The fourth-order valence-electron chi connectivity index (χ4n) is 3.41. The van der Waals surface area contributed by atoms with Gasteiger partial charge in [-0.15, -0.1) is 0 Å².